The molecule has 1 fully saturated rings. The number of nitrogens with two attached hydrogens (primary N) is 1. The van der Waals surface area contributed by atoms with Crippen LogP contribution < -0.4 is 10.5 Å². The fourth-order valence-electron chi connectivity index (χ4n) is 5.80. The van der Waals surface area contributed by atoms with Gasteiger partial charge in [0.1, 0.15) is 5.75 Å². The van der Waals surface area contributed by atoms with Crippen molar-refractivity contribution in [3.05, 3.63) is 36.0 Å². The monoisotopic (exact) mass is 481 g/mol. The minimum Gasteiger partial charge on any atom is -0.494 e. The minimum absolute atomic E-state index is 0.761. The number of piperidine rings is 1. The molecular weight excluding hydrogens is 430 g/mol. The van der Waals surface area contributed by atoms with Gasteiger partial charge in [0.05, 0.1) is 12.1 Å². The first-order valence-corrected chi connectivity index (χ1v) is 14.7. The normalized spacial score (nSPS) is 18.8. The average Bonchev–Trinajstić information content (AvgIpc) is 2.89. The second kappa shape index (κ2) is 16.2. The van der Waals surface area contributed by atoms with E-state index in [1.54, 1.807) is 0 Å². The first-order chi connectivity index (χ1) is 17.2. The zero-order valence-electron chi connectivity index (χ0n) is 22.6. The predicted molar refractivity (Wildman–Crippen MR) is 150 cm³/mol. The molecule has 0 spiro atoms. The van der Waals surface area contributed by atoms with E-state index >= 15 is 0 Å². The lowest BCUT2D eigenvalue weighted by molar-refractivity contribution is 0.108. The molecule has 35 heavy (non-hydrogen) atoms. The molecule has 0 aliphatic carbocycles. The Balaban J connectivity index is 1.47. The third kappa shape index (κ3) is 9.38. The van der Waals surface area contributed by atoms with Crippen molar-refractivity contribution in [1.82, 2.24) is 9.88 Å². The lowest BCUT2D eigenvalue weighted by atomic mass is 9.80. The minimum atomic E-state index is 0.761. The molecule has 0 amide bonds. The van der Waals surface area contributed by atoms with Crippen LogP contribution in [0, 0.1) is 11.8 Å². The first kappa shape index (κ1) is 27.9. The molecule has 1 saturated heterocycles. The molecule has 196 valence electrons. The molecule has 0 radical (unpaired) electrons. The van der Waals surface area contributed by atoms with Crippen molar-refractivity contribution in [1.29, 1.82) is 0 Å². The van der Waals surface area contributed by atoms with Gasteiger partial charge in [-0.15, -0.1) is 0 Å². The van der Waals surface area contributed by atoms with Crippen molar-refractivity contribution in [2.75, 3.05) is 32.8 Å². The highest BCUT2D eigenvalue weighted by Crippen LogP contribution is 2.31. The van der Waals surface area contributed by atoms with Crippen LogP contribution in [0.4, 0.5) is 0 Å². The van der Waals surface area contributed by atoms with Crippen molar-refractivity contribution in [3.63, 3.8) is 0 Å². The Hall–Kier alpha value is -1.65. The van der Waals surface area contributed by atoms with E-state index < -0.39 is 0 Å². The maximum atomic E-state index is 6.03. The summed E-state index contributed by atoms with van der Waals surface area (Å²) >= 11 is 0. The molecule has 1 aliphatic rings. The lowest BCUT2D eigenvalue weighted by Crippen LogP contribution is -2.40. The fourth-order valence-corrected chi connectivity index (χ4v) is 5.80. The van der Waals surface area contributed by atoms with Gasteiger partial charge in [-0.25, -0.2) is 0 Å². The van der Waals surface area contributed by atoms with Crippen molar-refractivity contribution < 1.29 is 4.74 Å². The van der Waals surface area contributed by atoms with Crippen LogP contribution in [0.5, 0.6) is 5.75 Å². The largest absolute Gasteiger partial charge is 0.494 e. The number of aromatic nitrogens is 1. The Morgan fingerprint density at radius 2 is 1.83 bits per heavy atom. The van der Waals surface area contributed by atoms with Crippen molar-refractivity contribution in [2.45, 2.75) is 97.3 Å². The first-order valence-electron chi connectivity index (χ1n) is 14.7. The Morgan fingerprint density at radius 3 is 2.66 bits per heavy atom. The number of fused-ring (bicyclic) bond motifs is 1. The van der Waals surface area contributed by atoms with E-state index in [-0.39, 0.29) is 0 Å². The summed E-state index contributed by atoms with van der Waals surface area (Å²) in [7, 11) is 0. The van der Waals surface area contributed by atoms with Gasteiger partial charge in [0.15, 0.2) is 0 Å². The summed E-state index contributed by atoms with van der Waals surface area (Å²) in [4.78, 5) is 7.36. The van der Waals surface area contributed by atoms with Crippen LogP contribution in [-0.4, -0.2) is 42.7 Å². The number of aryl methyl sites for hydroxylation is 1. The van der Waals surface area contributed by atoms with E-state index in [0.717, 1.165) is 61.9 Å². The SMILES string of the molecule is CCCCCCCN1CC[C@@H](CCCc2ccnc3ccc(OCCCCCN)cc23)[C@@H](CC)C1. The van der Waals surface area contributed by atoms with Gasteiger partial charge in [0.25, 0.3) is 0 Å². The molecule has 2 heterocycles. The third-order valence-electron chi connectivity index (χ3n) is 8.02. The van der Waals surface area contributed by atoms with Crippen LogP contribution in [0.2, 0.25) is 0 Å². The molecule has 2 atom stereocenters. The number of benzene rings is 1. The lowest BCUT2D eigenvalue weighted by Gasteiger charge is -2.38. The molecule has 2 N–H and O–H groups in total. The number of nitrogens with zero attached hydrogens (tertiary/aromatic N) is 2. The van der Waals surface area contributed by atoms with E-state index in [1.807, 2.05) is 6.20 Å². The summed E-state index contributed by atoms with van der Waals surface area (Å²) in [6, 6.07) is 8.59. The topological polar surface area (TPSA) is 51.4 Å². The average molecular weight is 482 g/mol. The van der Waals surface area contributed by atoms with E-state index in [0.29, 0.717) is 0 Å². The highest BCUT2D eigenvalue weighted by Gasteiger charge is 2.27. The second-order valence-corrected chi connectivity index (χ2v) is 10.7. The number of hydrogen-bond donors (Lipinski definition) is 1. The maximum absolute atomic E-state index is 6.03. The Bertz CT molecular complexity index is 839. The van der Waals surface area contributed by atoms with Gasteiger partial charge in [-0.2, -0.15) is 0 Å². The highest BCUT2D eigenvalue weighted by atomic mass is 16.5. The van der Waals surface area contributed by atoms with E-state index in [4.69, 9.17) is 10.5 Å². The molecule has 1 aromatic heterocycles. The van der Waals surface area contributed by atoms with Gasteiger partial charge in [0, 0.05) is 18.1 Å². The van der Waals surface area contributed by atoms with Gasteiger partial charge in [0.2, 0.25) is 0 Å². The van der Waals surface area contributed by atoms with E-state index in [1.165, 1.54) is 88.4 Å². The van der Waals surface area contributed by atoms with E-state index in [2.05, 4.69) is 48.0 Å². The fraction of sp³-hybridized carbons (Fsp3) is 0.710. The van der Waals surface area contributed by atoms with Gasteiger partial charge < -0.3 is 15.4 Å². The molecule has 1 aliphatic heterocycles. The molecule has 0 unspecified atom stereocenters. The second-order valence-electron chi connectivity index (χ2n) is 10.7. The molecule has 0 bridgehead atoms. The molecule has 3 rings (SSSR count). The molecule has 0 saturated carbocycles. The summed E-state index contributed by atoms with van der Waals surface area (Å²) in [6.45, 7) is 10.2. The Morgan fingerprint density at radius 1 is 0.971 bits per heavy atom. The van der Waals surface area contributed by atoms with Crippen LogP contribution in [-0.2, 0) is 6.42 Å². The van der Waals surface area contributed by atoms with Gasteiger partial charge in [-0.05, 0) is 113 Å². The number of likely N-dealkylation sites (tertiary alicyclic amines) is 1. The van der Waals surface area contributed by atoms with Gasteiger partial charge in [-0.1, -0.05) is 46.0 Å². The third-order valence-corrected chi connectivity index (χ3v) is 8.02. The standard InChI is InChI=1S/C31H51N3O/c1-3-5-6-7-10-21-34-22-18-27(26(4-2)25-34)13-12-14-28-17-20-33-31-16-15-29(24-30(28)31)35-23-11-8-9-19-32/h15-17,20,24,26-27H,3-14,18-19,21-23,25,32H2,1-2H3/t26-,27+/m0/s1. The number of unbranched alkanes of at least 4 members (excludes halogenated alkanes) is 6. The van der Waals surface area contributed by atoms with Crippen molar-refractivity contribution in [2.24, 2.45) is 17.6 Å². The van der Waals surface area contributed by atoms with E-state index in [9.17, 15) is 0 Å². The molecule has 4 nitrogen and oxygen atoms in total. The molecule has 4 heteroatoms. The quantitative estimate of drug-likeness (QED) is 0.239. The summed E-state index contributed by atoms with van der Waals surface area (Å²) in [5.41, 5.74) is 8.09. The molecule has 2 aromatic rings. The Labute approximate surface area is 215 Å². The molecule has 1 aromatic carbocycles. The number of pyridine rings is 1. The number of rotatable bonds is 17. The smallest absolute Gasteiger partial charge is 0.120 e. The highest BCUT2D eigenvalue weighted by molar-refractivity contribution is 5.83. The zero-order valence-corrected chi connectivity index (χ0v) is 22.6. The van der Waals surface area contributed by atoms with Gasteiger partial charge >= 0.3 is 0 Å². The van der Waals surface area contributed by atoms with Crippen LogP contribution >= 0.6 is 0 Å². The molecular formula is C31H51N3O. The number of hydrogen-bond acceptors (Lipinski definition) is 4. The summed E-state index contributed by atoms with van der Waals surface area (Å²) < 4.78 is 6.03. The van der Waals surface area contributed by atoms with Crippen LogP contribution in [0.3, 0.4) is 0 Å². The Kier molecular flexibility index (Phi) is 12.9. The van der Waals surface area contributed by atoms with Gasteiger partial charge in [-0.3, -0.25) is 4.98 Å². The summed E-state index contributed by atoms with van der Waals surface area (Å²) in [5.74, 6) is 2.72. The van der Waals surface area contributed by atoms with Crippen LogP contribution in [0.25, 0.3) is 10.9 Å². The van der Waals surface area contributed by atoms with Crippen LogP contribution in [0.15, 0.2) is 30.5 Å². The van der Waals surface area contributed by atoms with Crippen molar-refractivity contribution >= 4 is 10.9 Å². The predicted octanol–water partition coefficient (Wildman–Crippen LogP) is 7.38. The summed E-state index contributed by atoms with van der Waals surface area (Å²) in [5, 5.41) is 1.26. The number of ether oxygens (including phenoxy) is 1. The van der Waals surface area contributed by atoms with Crippen molar-refractivity contribution in [3.8, 4) is 5.75 Å². The zero-order chi connectivity index (χ0) is 24.7. The summed E-state index contributed by atoms with van der Waals surface area (Å²) in [6.07, 6.45) is 18.6. The maximum Gasteiger partial charge on any atom is 0.120 e. The van der Waals surface area contributed by atoms with Crippen LogP contribution in [0.1, 0.15) is 96.5 Å².